The van der Waals surface area contributed by atoms with E-state index in [1.807, 2.05) is 61.5 Å². The molecule has 0 fully saturated rings. The van der Waals surface area contributed by atoms with E-state index in [0.717, 1.165) is 11.1 Å². The average Bonchev–Trinajstić information content (AvgIpc) is 2.78. The van der Waals surface area contributed by atoms with Gasteiger partial charge in [0.05, 0.1) is 22.7 Å². The molecule has 0 aromatic heterocycles. The molecule has 5 nitrogen and oxygen atoms in total. The first kappa shape index (κ1) is 22.1. The number of nitrogens with zero attached hydrogens (tertiary/aromatic N) is 1. The van der Waals surface area contributed by atoms with Gasteiger partial charge in [0.2, 0.25) is 0 Å². The molecule has 0 aliphatic carbocycles. The second-order valence-electron chi connectivity index (χ2n) is 6.50. The van der Waals surface area contributed by atoms with Gasteiger partial charge in [0, 0.05) is 5.69 Å². The van der Waals surface area contributed by atoms with Gasteiger partial charge in [-0.3, -0.25) is 4.79 Å². The van der Waals surface area contributed by atoms with E-state index in [1.165, 1.54) is 0 Å². The molecule has 0 aliphatic heterocycles. The lowest BCUT2D eigenvalue weighted by molar-refractivity contribution is -0.118. The van der Waals surface area contributed by atoms with Crippen molar-refractivity contribution in [2.45, 2.75) is 6.92 Å². The lowest BCUT2D eigenvalue weighted by Crippen LogP contribution is -2.20. The number of benzene rings is 3. The molecule has 3 aromatic carbocycles. The Morgan fingerprint density at radius 1 is 1.06 bits per heavy atom. The van der Waals surface area contributed by atoms with Crippen molar-refractivity contribution in [3.05, 3.63) is 88.4 Å². The van der Waals surface area contributed by atoms with Crippen LogP contribution in [0.15, 0.2) is 77.3 Å². The van der Waals surface area contributed by atoms with Crippen molar-refractivity contribution in [3.63, 3.8) is 0 Å². The van der Waals surface area contributed by atoms with E-state index < -0.39 is 0 Å². The number of para-hydroxylation sites is 1. The van der Waals surface area contributed by atoms with Crippen LogP contribution in [0, 0.1) is 11.3 Å². The number of nitriles is 1. The minimum Gasteiger partial charge on any atom is -0.490 e. The molecule has 0 atom stereocenters. The maximum absolute atomic E-state index is 12.2. The molecule has 0 bridgehead atoms. The lowest BCUT2D eigenvalue weighted by atomic mass is 10.0. The molecule has 0 aliphatic rings. The Morgan fingerprint density at radius 3 is 2.39 bits per heavy atom. The second kappa shape index (κ2) is 11.0. The highest BCUT2D eigenvalue weighted by Gasteiger charge is 2.14. The standard InChI is InChI=1S/C25H21BrN2O3/c1-2-30-23-15-18(13-20(16-27)19-9-5-3-6-10-19)14-22(26)25(23)31-17-24(29)28-21-11-7-4-8-12-21/h3-15H,2,17H2,1H3,(H,28,29)/b20-13+. The van der Waals surface area contributed by atoms with Crippen LogP contribution in [0.3, 0.4) is 0 Å². The summed E-state index contributed by atoms with van der Waals surface area (Å²) in [6, 6.07) is 24.5. The van der Waals surface area contributed by atoms with Crippen molar-refractivity contribution in [3.8, 4) is 17.6 Å². The van der Waals surface area contributed by atoms with E-state index >= 15 is 0 Å². The maximum atomic E-state index is 12.2. The Balaban J connectivity index is 1.81. The third-order valence-corrected chi connectivity index (χ3v) is 4.84. The summed E-state index contributed by atoms with van der Waals surface area (Å²) in [7, 11) is 0. The van der Waals surface area contributed by atoms with Gasteiger partial charge in [0.25, 0.3) is 5.91 Å². The second-order valence-corrected chi connectivity index (χ2v) is 7.36. The van der Waals surface area contributed by atoms with Gasteiger partial charge in [-0.25, -0.2) is 0 Å². The Morgan fingerprint density at radius 2 is 1.74 bits per heavy atom. The third-order valence-electron chi connectivity index (χ3n) is 4.25. The van der Waals surface area contributed by atoms with E-state index in [4.69, 9.17) is 9.47 Å². The summed E-state index contributed by atoms with van der Waals surface area (Å²) in [5.74, 6) is 0.641. The van der Waals surface area contributed by atoms with E-state index in [9.17, 15) is 10.1 Å². The van der Waals surface area contributed by atoms with Crippen molar-refractivity contribution in [1.29, 1.82) is 5.26 Å². The van der Waals surface area contributed by atoms with Crippen LogP contribution in [0.25, 0.3) is 11.6 Å². The molecule has 156 valence electrons. The molecule has 0 radical (unpaired) electrons. The topological polar surface area (TPSA) is 71.3 Å². The molecule has 3 aromatic rings. The predicted molar refractivity (Wildman–Crippen MR) is 126 cm³/mol. The van der Waals surface area contributed by atoms with Gasteiger partial charge >= 0.3 is 0 Å². The largest absolute Gasteiger partial charge is 0.490 e. The SMILES string of the molecule is CCOc1cc(/C=C(\C#N)c2ccccc2)cc(Br)c1OCC(=O)Nc1ccccc1. The monoisotopic (exact) mass is 476 g/mol. The Hall–Kier alpha value is -3.56. The number of halogens is 1. The maximum Gasteiger partial charge on any atom is 0.262 e. The average molecular weight is 477 g/mol. The summed E-state index contributed by atoms with van der Waals surface area (Å²) in [4.78, 5) is 12.2. The molecule has 0 saturated carbocycles. The van der Waals surface area contributed by atoms with Gasteiger partial charge in [-0.05, 0) is 64.3 Å². The first-order valence-electron chi connectivity index (χ1n) is 9.72. The van der Waals surface area contributed by atoms with E-state index in [1.54, 1.807) is 24.3 Å². The number of hydrogen-bond acceptors (Lipinski definition) is 4. The summed E-state index contributed by atoms with van der Waals surface area (Å²) < 4.78 is 12.1. The molecule has 0 spiro atoms. The van der Waals surface area contributed by atoms with Crippen LogP contribution in [-0.4, -0.2) is 19.1 Å². The van der Waals surface area contributed by atoms with Crippen molar-refractivity contribution in [2.24, 2.45) is 0 Å². The summed E-state index contributed by atoms with van der Waals surface area (Å²) in [6.07, 6.45) is 1.79. The van der Waals surface area contributed by atoms with Gasteiger partial charge < -0.3 is 14.8 Å². The van der Waals surface area contributed by atoms with Crippen LogP contribution in [0.5, 0.6) is 11.5 Å². The third kappa shape index (κ3) is 6.21. The molecule has 0 unspecified atom stereocenters. The van der Waals surface area contributed by atoms with Crippen molar-refractivity contribution >= 4 is 39.2 Å². The Kier molecular flexibility index (Phi) is 7.85. The fraction of sp³-hybridized carbons (Fsp3) is 0.120. The molecule has 1 amide bonds. The summed E-state index contributed by atoms with van der Waals surface area (Å²) in [6.45, 7) is 2.12. The van der Waals surface area contributed by atoms with Crippen LogP contribution >= 0.6 is 15.9 Å². The zero-order valence-electron chi connectivity index (χ0n) is 17.0. The number of amides is 1. The van der Waals surface area contributed by atoms with Crippen molar-refractivity contribution in [1.82, 2.24) is 0 Å². The zero-order chi connectivity index (χ0) is 22.1. The summed E-state index contributed by atoms with van der Waals surface area (Å²) >= 11 is 3.50. The van der Waals surface area contributed by atoms with Crippen LogP contribution in [0.4, 0.5) is 5.69 Å². The highest BCUT2D eigenvalue weighted by molar-refractivity contribution is 9.10. The quantitative estimate of drug-likeness (QED) is 0.323. The van der Waals surface area contributed by atoms with Crippen molar-refractivity contribution in [2.75, 3.05) is 18.5 Å². The fourth-order valence-corrected chi connectivity index (χ4v) is 3.47. The first-order chi connectivity index (χ1) is 15.1. The molecule has 0 heterocycles. The molecule has 31 heavy (non-hydrogen) atoms. The number of nitrogens with one attached hydrogen (secondary N) is 1. The smallest absolute Gasteiger partial charge is 0.262 e. The predicted octanol–water partition coefficient (Wildman–Crippen LogP) is 5.93. The molecular formula is C25H21BrN2O3. The Bertz CT molecular complexity index is 1110. The molecule has 0 saturated heterocycles. The van der Waals surface area contributed by atoms with Crippen LogP contribution in [0.2, 0.25) is 0 Å². The number of rotatable bonds is 8. The molecule has 6 heteroatoms. The highest BCUT2D eigenvalue weighted by Crippen LogP contribution is 2.38. The summed E-state index contributed by atoms with van der Waals surface area (Å²) in [5, 5.41) is 12.4. The van der Waals surface area contributed by atoms with E-state index in [0.29, 0.717) is 33.8 Å². The minimum absolute atomic E-state index is 0.170. The van der Waals surface area contributed by atoms with Gasteiger partial charge in [0.1, 0.15) is 0 Å². The highest BCUT2D eigenvalue weighted by atomic mass is 79.9. The van der Waals surface area contributed by atoms with Crippen LogP contribution in [-0.2, 0) is 4.79 Å². The van der Waals surface area contributed by atoms with E-state index in [-0.39, 0.29) is 12.5 Å². The number of carbonyl (C=O) groups is 1. The van der Waals surface area contributed by atoms with E-state index in [2.05, 4.69) is 27.3 Å². The number of ether oxygens (including phenoxy) is 2. The summed E-state index contributed by atoms with van der Waals surface area (Å²) in [5.41, 5.74) is 2.84. The molecule has 3 rings (SSSR count). The number of carbonyl (C=O) groups excluding carboxylic acids is 1. The van der Waals surface area contributed by atoms with Gasteiger partial charge in [-0.2, -0.15) is 5.26 Å². The van der Waals surface area contributed by atoms with Gasteiger partial charge in [0.15, 0.2) is 18.1 Å². The van der Waals surface area contributed by atoms with Crippen molar-refractivity contribution < 1.29 is 14.3 Å². The van der Waals surface area contributed by atoms with Gasteiger partial charge in [-0.1, -0.05) is 48.5 Å². The minimum atomic E-state index is -0.277. The zero-order valence-corrected chi connectivity index (χ0v) is 18.6. The first-order valence-corrected chi connectivity index (χ1v) is 10.5. The van der Waals surface area contributed by atoms with Gasteiger partial charge in [-0.15, -0.1) is 0 Å². The number of hydrogen-bond donors (Lipinski definition) is 1. The van der Waals surface area contributed by atoms with Crippen LogP contribution < -0.4 is 14.8 Å². The number of allylic oxidation sites excluding steroid dienone is 1. The molecule has 1 N–H and O–H groups in total. The lowest BCUT2D eigenvalue weighted by Gasteiger charge is -2.15. The fourth-order valence-electron chi connectivity index (χ4n) is 2.90. The van der Waals surface area contributed by atoms with Crippen LogP contribution in [0.1, 0.15) is 18.1 Å². The molecular weight excluding hydrogens is 456 g/mol. The normalized spacial score (nSPS) is 10.8. The Labute approximate surface area is 190 Å². The number of anilines is 1.